The number of ether oxygens (including phenoxy) is 1. The zero-order chi connectivity index (χ0) is 20.8. The summed E-state index contributed by atoms with van der Waals surface area (Å²) in [6.45, 7) is 2.06. The van der Waals surface area contributed by atoms with Gasteiger partial charge in [-0.15, -0.1) is 0 Å². The Hall–Kier alpha value is -2.73. The minimum atomic E-state index is -0.332. The van der Waals surface area contributed by atoms with Crippen molar-refractivity contribution in [3.63, 3.8) is 0 Å². The fourth-order valence-corrected chi connectivity index (χ4v) is 5.05. The van der Waals surface area contributed by atoms with Gasteiger partial charge in [-0.3, -0.25) is 4.79 Å². The van der Waals surface area contributed by atoms with Crippen LogP contribution < -0.4 is 10.1 Å². The van der Waals surface area contributed by atoms with E-state index < -0.39 is 0 Å². The van der Waals surface area contributed by atoms with Crippen LogP contribution in [0.1, 0.15) is 30.1 Å². The van der Waals surface area contributed by atoms with Crippen molar-refractivity contribution >= 4 is 28.4 Å². The monoisotopic (exact) mass is 425 g/mol. The standard InChI is InChI=1S/C23H21ClFN3O2/c1-12(28-22(29)13-2-4-14(24)5-3-13)21-17-9-16(10-18(17)21)30-23-19-8-15(25)6-7-20(19)26-11-27-23/h2-8,11-12,16-18,21H,9-10H2,1H3,(H,28,29). The van der Waals surface area contributed by atoms with E-state index in [1.54, 1.807) is 30.3 Å². The average Bonchev–Trinajstić information content (AvgIpc) is 3.24. The molecule has 1 heterocycles. The molecule has 2 aliphatic carbocycles. The van der Waals surface area contributed by atoms with Crippen LogP contribution in [-0.2, 0) is 0 Å². The summed E-state index contributed by atoms with van der Waals surface area (Å²) in [5.74, 6) is 1.54. The van der Waals surface area contributed by atoms with Crippen molar-refractivity contribution in [3.8, 4) is 5.88 Å². The van der Waals surface area contributed by atoms with E-state index in [-0.39, 0.29) is 23.9 Å². The molecular formula is C23H21ClFN3O2. The van der Waals surface area contributed by atoms with E-state index in [1.807, 2.05) is 0 Å². The Kier molecular flexibility index (Phi) is 4.82. The van der Waals surface area contributed by atoms with Crippen LogP contribution >= 0.6 is 11.6 Å². The van der Waals surface area contributed by atoms with Crippen molar-refractivity contribution < 1.29 is 13.9 Å². The van der Waals surface area contributed by atoms with Gasteiger partial charge in [0.2, 0.25) is 5.88 Å². The first kappa shape index (κ1) is 19.2. The molecule has 2 aromatic carbocycles. The van der Waals surface area contributed by atoms with Gasteiger partial charge in [0.15, 0.2) is 0 Å². The molecule has 0 spiro atoms. The van der Waals surface area contributed by atoms with Crippen molar-refractivity contribution in [1.29, 1.82) is 0 Å². The second kappa shape index (κ2) is 7.51. The lowest BCUT2D eigenvalue weighted by Gasteiger charge is -2.20. The summed E-state index contributed by atoms with van der Waals surface area (Å²) in [4.78, 5) is 20.8. The maximum atomic E-state index is 13.6. The van der Waals surface area contributed by atoms with Crippen LogP contribution in [0.25, 0.3) is 10.9 Å². The van der Waals surface area contributed by atoms with Crippen molar-refractivity contribution in [3.05, 3.63) is 65.2 Å². The molecule has 3 unspecified atom stereocenters. The Labute approximate surface area is 178 Å². The molecular weight excluding hydrogens is 405 g/mol. The maximum Gasteiger partial charge on any atom is 0.251 e. The molecule has 0 saturated heterocycles. The van der Waals surface area contributed by atoms with E-state index in [2.05, 4.69) is 22.2 Å². The molecule has 5 rings (SSSR count). The number of amides is 1. The lowest BCUT2D eigenvalue weighted by Crippen LogP contribution is -2.36. The number of nitrogens with zero attached hydrogens (tertiary/aromatic N) is 2. The summed E-state index contributed by atoms with van der Waals surface area (Å²) in [6, 6.07) is 11.4. The van der Waals surface area contributed by atoms with E-state index in [9.17, 15) is 9.18 Å². The van der Waals surface area contributed by atoms with E-state index in [1.165, 1.54) is 18.5 Å². The van der Waals surface area contributed by atoms with Crippen LogP contribution in [0.4, 0.5) is 4.39 Å². The van der Waals surface area contributed by atoms with Gasteiger partial charge in [-0.1, -0.05) is 11.6 Å². The molecule has 30 heavy (non-hydrogen) atoms. The topological polar surface area (TPSA) is 64.1 Å². The van der Waals surface area contributed by atoms with Gasteiger partial charge in [0, 0.05) is 16.6 Å². The normalized spacial score (nSPS) is 25.6. The summed E-state index contributed by atoms with van der Waals surface area (Å²) in [5.41, 5.74) is 1.28. The lowest BCUT2D eigenvalue weighted by molar-refractivity contribution is 0.0930. The molecule has 1 amide bonds. The fourth-order valence-electron chi connectivity index (χ4n) is 4.92. The van der Waals surface area contributed by atoms with Gasteiger partial charge in [-0.05, 0) is 80.0 Å². The molecule has 0 radical (unpaired) electrons. The van der Waals surface area contributed by atoms with Gasteiger partial charge < -0.3 is 10.1 Å². The predicted molar refractivity (Wildman–Crippen MR) is 112 cm³/mol. The molecule has 0 aliphatic heterocycles. The summed E-state index contributed by atoms with van der Waals surface area (Å²) < 4.78 is 19.8. The Morgan fingerprint density at radius 3 is 2.63 bits per heavy atom. The first-order valence-corrected chi connectivity index (χ1v) is 10.5. The molecule has 7 heteroatoms. The predicted octanol–water partition coefficient (Wildman–Crippen LogP) is 4.64. The SMILES string of the molecule is CC(NC(=O)c1ccc(Cl)cc1)C1C2CC(Oc3ncnc4ccc(F)cc34)CC21. The fraction of sp³-hybridized carbons (Fsp3) is 0.348. The first-order valence-electron chi connectivity index (χ1n) is 10.1. The highest BCUT2D eigenvalue weighted by atomic mass is 35.5. The molecule has 0 bridgehead atoms. The summed E-state index contributed by atoms with van der Waals surface area (Å²) >= 11 is 5.89. The van der Waals surface area contributed by atoms with Gasteiger partial charge in [0.05, 0.1) is 10.9 Å². The molecule has 1 N–H and O–H groups in total. The smallest absolute Gasteiger partial charge is 0.251 e. The average molecular weight is 426 g/mol. The third-order valence-corrected chi connectivity index (χ3v) is 6.60. The number of rotatable bonds is 5. The minimum Gasteiger partial charge on any atom is -0.474 e. The van der Waals surface area contributed by atoms with Gasteiger partial charge in [-0.2, -0.15) is 0 Å². The number of carbonyl (C=O) groups is 1. The molecule has 2 fully saturated rings. The second-order valence-corrected chi connectivity index (χ2v) is 8.66. The summed E-state index contributed by atoms with van der Waals surface area (Å²) in [7, 11) is 0. The quantitative estimate of drug-likeness (QED) is 0.646. The molecule has 154 valence electrons. The van der Waals surface area contributed by atoms with Gasteiger partial charge in [0.25, 0.3) is 5.91 Å². The Balaban J connectivity index is 1.19. The lowest BCUT2D eigenvalue weighted by atomic mass is 10.0. The molecule has 3 atom stereocenters. The number of aromatic nitrogens is 2. The van der Waals surface area contributed by atoms with Gasteiger partial charge >= 0.3 is 0 Å². The van der Waals surface area contributed by atoms with Crippen molar-refractivity contribution in [2.24, 2.45) is 17.8 Å². The number of hydrogen-bond acceptors (Lipinski definition) is 4. The zero-order valence-corrected chi connectivity index (χ0v) is 17.1. The number of carbonyl (C=O) groups excluding carboxylic acids is 1. The van der Waals surface area contributed by atoms with Crippen LogP contribution in [0.15, 0.2) is 48.8 Å². The number of fused-ring (bicyclic) bond motifs is 2. The molecule has 3 aromatic rings. The number of halogens is 2. The Bertz CT molecular complexity index is 1100. The van der Waals surface area contributed by atoms with Crippen LogP contribution in [0.2, 0.25) is 5.02 Å². The highest BCUT2D eigenvalue weighted by Gasteiger charge is 2.58. The number of benzene rings is 2. The van der Waals surface area contributed by atoms with Gasteiger partial charge in [-0.25, -0.2) is 14.4 Å². The summed E-state index contributed by atoms with van der Waals surface area (Å²) in [5, 5.41) is 4.32. The maximum absolute atomic E-state index is 13.6. The van der Waals surface area contributed by atoms with Crippen LogP contribution in [0.3, 0.4) is 0 Å². The molecule has 1 aromatic heterocycles. The van der Waals surface area contributed by atoms with Crippen molar-refractivity contribution in [2.45, 2.75) is 31.9 Å². The second-order valence-electron chi connectivity index (χ2n) is 8.23. The van der Waals surface area contributed by atoms with E-state index in [4.69, 9.17) is 16.3 Å². The number of hydrogen-bond donors (Lipinski definition) is 1. The van der Waals surface area contributed by atoms with E-state index >= 15 is 0 Å². The molecule has 2 saturated carbocycles. The highest BCUT2D eigenvalue weighted by molar-refractivity contribution is 6.30. The van der Waals surface area contributed by atoms with Gasteiger partial charge in [0.1, 0.15) is 18.2 Å². The first-order chi connectivity index (χ1) is 14.5. The molecule has 5 nitrogen and oxygen atoms in total. The van der Waals surface area contributed by atoms with Crippen LogP contribution in [0.5, 0.6) is 5.88 Å². The molecule has 2 aliphatic rings. The highest BCUT2D eigenvalue weighted by Crippen LogP contribution is 2.59. The largest absolute Gasteiger partial charge is 0.474 e. The van der Waals surface area contributed by atoms with E-state index in [0.717, 1.165) is 12.8 Å². The van der Waals surface area contributed by atoms with Crippen molar-refractivity contribution in [1.82, 2.24) is 15.3 Å². The van der Waals surface area contributed by atoms with Crippen molar-refractivity contribution in [2.75, 3.05) is 0 Å². The Morgan fingerprint density at radius 1 is 1.17 bits per heavy atom. The number of nitrogens with one attached hydrogen (secondary N) is 1. The zero-order valence-electron chi connectivity index (χ0n) is 16.4. The van der Waals surface area contributed by atoms with E-state index in [0.29, 0.717) is 45.1 Å². The minimum absolute atomic E-state index is 0.0526. The van der Waals surface area contributed by atoms with Crippen LogP contribution in [0, 0.1) is 23.6 Å². The third-order valence-electron chi connectivity index (χ3n) is 6.35. The summed E-state index contributed by atoms with van der Waals surface area (Å²) in [6.07, 6.45) is 3.33. The Morgan fingerprint density at radius 2 is 1.90 bits per heavy atom. The third kappa shape index (κ3) is 3.60. The van der Waals surface area contributed by atoms with Crippen LogP contribution in [-0.4, -0.2) is 28.0 Å².